The van der Waals surface area contributed by atoms with Gasteiger partial charge < -0.3 is 10.4 Å². The summed E-state index contributed by atoms with van der Waals surface area (Å²) in [5, 5.41) is 12.1. The summed E-state index contributed by atoms with van der Waals surface area (Å²) in [5.41, 5.74) is 2.05. The number of nitrogens with one attached hydrogen (secondary N) is 1. The van der Waals surface area contributed by atoms with E-state index in [4.69, 9.17) is 5.11 Å². The number of aliphatic hydroxyl groups excluding tert-OH is 1. The van der Waals surface area contributed by atoms with Crippen molar-refractivity contribution in [3.05, 3.63) is 35.4 Å². The highest BCUT2D eigenvalue weighted by Gasteiger charge is 2.68. The molecule has 1 fully saturated rings. The third-order valence-electron chi connectivity index (χ3n) is 4.92. The maximum Gasteiger partial charge on any atom is 0.224 e. The second kappa shape index (κ2) is 4.64. The lowest BCUT2D eigenvalue weighted by Gasteiger charge is -2.07. The van der Waals surface area contributed by atoms with Crippen LogP contribution >= 0.6 is 0 Å². The molecule has 1 aromatic carbocycles. The van der Waals surface area contributed by atoms with E-state index < -0.39 is 0 Å². The third kappa shape index (κ3) is 2.39. The molecule has 3 nitrogen and oxygen atoms in total. The van der Waals surface area contributed by atoms with Crippen LogP contribution in [0.4, 0.5) is 0 Å². The molecule has 1 aromatic rings. The summed E-state index contributed by atoms with van der Waals surface area (Å²) in [7, 11) is 0. The molecule has 0 unspecified atom stereocenters. The van der Waals surface area contributed by atoms with E-state index in [0.29, 0.717) is 6.54 Å². The monoisotopic (exact) mass is 261 g/mol. The van der Waals surface area contributed by atoms with Crippen molar-refractivity contribution < 1.29 is 9.90 Å². The molecule has 1 aliphatic carbocycles. The second-order valence-electron chi connectivity index (χ2n) is 6.57. The summed E-state index contributed by atoms with van der Waals surface area (Å²) in [6, 6.07) is 7.66. The van der Waals surface area contributed by atoms with Crippen LogP contribution in [0.25, 0.3) is 0 Å². The van der Waals surface area contributed by atoms with Crippen LogP contribution in [0.1, 0.15) is 38.8 Å². The lowest BCUT2D eigenvalue weighted by molar-refractivity contribution is -0.123. The average Bonchev–Trinajstić information content (AvgIpc) is 2.77. The Morgan fingerprint density at radius 3 is 2.32 bits per heavy atom. The number of carbonyl (C=O) groups is 1. The minimum atomic E-state index is 0.0322. The fourth-order valence-electron chi connectivity index (χ4n) is 2.98. The van der Waals surface area contributed by atoms with Crippen molar-refractivity contribution in [1.82, 2.24) is 5.32 Å². The first kappa shape index (κ1) is 14.1. The van der Waals surface area contributed by atoms with E-state index in [1.165, 1.54) is 0 Å². The molecule has 0 heterocycles. The van der Waals surface area contributed by atoms with Gasteiger partial charge >= 0.3 is 0 Å². The van der Waals surface area contributed by atoms with Gasteiger partial charge in [0, 0.05) is 12.5 Å². The Labute approximate surface area is 115 Å². The van der Waals surface area contributed by atoms with Crippen LogP contribution in [-0.2, 0) is 17.9 Å². The van der Waals surface area contributed by atoms with E-state index in [-0.39, 0.29) is 29.3 Å². The largest absolute Gasteiger partial charge is 0.392 e. The summed E-state index contributed by atoms with van der Waals surface area (Å²) in [4.78, 5) is 12.2. The van der Waals surface area contributed by atoms with Crippen LogP contribution in [0.3, 0.4) is 0 Å². The fraction of sp³-hybridized carbons (Fsp3) is 0.562. The highest BCUT2D eigenvalue weighted by atomic mass is 16.3. The van der Waals surface area contributed by atoms with Gasteiger partial charge in [-0.1, -0.05) is 52.0 Å². The summed E-state index contributed by atoms with van der Waals surface area (Å²) in [6.45, 7) is 9.13. The number of hydrogen-bond donors (Lipinski definition) is 2. The molecule has 2 rings (SSSR count). The molecule has 104 valence electrons. The SMILES string of the molecule is CC1(C)C(C(=O)NCc2cccc(CO)c2)C1(C)C. The third-order valence-corrected chi connectivity index (χ3v) is 4.92. The topological polar surface area (TPSA) is 49.3 Å². The van der Waals surface area contributed by atoms with Gasteiger partial charge in [-0.05, 0) is 22.0 Å². The Kier molecular flexibility index (Phi) is 3.43. The van der Waals surface area contributed by atoms with Gasteiger partial charge in [0.25, 0.3) is 0 Å². The van der Waals surface area contributed by atoms with Gasteiger partial charge in [0.2, 0.25) is 5.91 Å². The highest BCUT2D eigenvalue weighted by molar-refractivity contribution is 5.84. The van der Waals surface area contributed by atoms with E-state index in [1.54, 1.807) is 0 Å². The quantitative estimate of drug-likeness (QED) is 0.874. The molecule has 3 heteroatoms. The Morgan fingerprint density at radius 1 is 1.21 bits per heavy atom. The maximum absolute atomic E-state index is 12.2. The molecule has 1 saturated carbocycles. The summed E-state index contributed by atoms with van der Waals surface area (Å²) < 4.78 is 0. The molecule has 1 amide bonds. The minimum absolute atomic E-state index is 0.0322. The number of carbonyl (C=O) groups excluding carboxylic acids is 1. The van der Waals surface area contributed by atoms with Crippen LogP contribution in [0.15, 0.2) is 24.3 Å². The molecule has 0 aliphatic heterocycles. The van der Waals surface area contributed by atoms with Crippen molar-refractivity contribution >= 4 is 5.91 Å². The molecule has 19 heavy (non-hydrogen) atoms. The number of hydrogen-bond acceptors (Lipinski definition) is 2. The van der Waals surface area contributed by atoms with Crippen LogP contribution in [0, 0.1) is 16.7 Å². The Bertz CT molecular complexity index is 477. The molecular formula is C16H23NO2. The van der Waals surface area contributed by atoms with Crippen LogP contribution in [-0.4, -0.2) is 11.0 Å². The normalized spacial score (nSPS) is 20.1. The summed E-state index contributed by atoms with van der Waals surface area (Å²) in [6.07, 6.45) is 0. The van der Waals surface area contributed by atoms with Gasteiger partial charge in [-0.25, -0.2) is 0 Å². The van der Waals surface area contributed by atoms with Crippen molar-refractivity contribution in [2.45, 2.75) is 40.8 Å². The number of amides is 1. The first-order chi connectivity index (χ1) is 8.80. The lowest BCUT2D eigenvalue weighted by atomic mass is 10.0. The van der Waals surface area contributed by atoms with Gasteiger partial charge in [0.05, 0.1) is 6.61 Å². The van der Waals surface area contributed by atoms with Crippen LogP contribution in [0.5, 0.6) is 0 Å². The Morgan fingerprint density at radius 2 is 1.79 bits per heavy atom. The van der Waals surface area contributed by atoms with Crippen molar-refractivity contribution in [3.63, 3.8) is 0 Å². The molecule has 0 saturated heterocycles. The molecule has 0 atom stereocenters. The first-order valence-corrected chi connectivity index (χ1v) is 6.77. The molecule has 0 bridgehead atoms. The minimum Gasteiger partial charge on any atom is -0.392 e. The number of aliphatic hydroxyl groups is 1. The second-order valence-corrected chi connectivity index (χ2v) is 6.57. The molecule has 1 aliphatic rings. The van der Waals surface area contributed by atoms with E-state index in [1.807, 2.05) is 24.3 Å². The zero-order valence-corrected chi connectivity index (χ0v) is 12.2. The molecule has 0 aromatic heterocycles. The van der Waals surface area contributed by atoms with Gasteiger partial charge in [-0.15, -0.1) is 0 Å². The first-order valence-electron chi connectivity index (χ1n) is 6.77. The van der Waals surface area contributed by atoms with Crippen LogP contribution < -0.4 is 5.32 Å². The average molecular weight is 261 g/mol. The van der Waals surface area contributed by atoms with Gasteiger partial charge in [-0.3, -0.25) is 4.79 Å². The standard InChI is InChI=1S/C16H23NO2/c1-15(2)13(16(15,3)4)14(19)17-9-11-6-5-7-12(8-11)10-18/h5-8,13,18H,9-10H2,1-4H3,(H,17,19). The Hall–Kier alpha value is -1.35. The van der Waals surface area contributed by atoms with Gasteiger partial charge in [0.15, 0.2) is 0 Å². The van der Waals surface area contributed by atoms with Crippen molar-refractivity contribution in [2.75, 3.05) is 0 Å². The van der Waals surface area contributed by atoms with E-state index in [2.05, 4.69) is 33.0 Å². The fourth-order valence-corrected chi connectivity index (χ4v) is 2.98. The van der Waals surface area contributed by atoms with Crippen molar-refractivity contribution in [1.29, 1.82) is 0 Å². The molecule has 2 N–H and O–H groups in total. The summed E-state index contributed by atoms with van der Waals surface area (Å²) in [5.74, 6) is 0.213. The van der Waals surface area contributed by atoms with E-state index >= 15 is 0 Å². The predicted molar refractivity (Wildman–Crippen MR) is 75.3 cm³/mol. The highest BCUT2D eigenvalue weighted by Crippen LogP contribution is 2.68. The number of rotatable bonds is 4. The molecular weight excluding hydrogens is 238 g/mol. The maximum atomic E-state index is 12.2. The molecule has 0 spiro atoms. The van der Waals surface area contributed by atoms with E-state index in [9.17, 15) is 4.79 Å². The van der Waals surface area contributed by atoms with Crippen LogP contribution in [0.2, 0.25) is 0 Å². The zero-order chi connectivity index (χ0) is 14.3. The summed E-state index contributed by atoms with van der Waals surface area (Å²) >= 11 is 0. The van der Waals surface area contributed by atoms with Gasteiger partial charge in [-0.2, -0.15) is 0 Å². The number of benzene rings is 1. The van der Waals surface area contributed by atoms with E-state index in [0.717, 1.165) is 11.1 Å². The lowest BCUT2D eigenvalue weighted by Crippen LogP contribution is -2.26. The molecule has 0 radical (unpaired) electrons. The van der Waals surface area contributed by atoms with Crippen molar-refractivity contribution in [3.8, 4) is 0 Å². The van der Waals surface area contributed by atoms with Gasteiger partial charge in [0.1, 0.15) is 0 Å². The zero-order valence-electron chi connectivity index (χ0n) is 12.2. The van der Waals surface area contributed by atoms with Crippen molar-refractivity contribution in [2.24, 2.45) is 16.7 Å². The Balaban J connectivity index is 1.95. The predicted octanol–water partition coefficient (Wildman–Crippen LogP) is 2.48. The smallest absolute Gasteiger partial charge is 0.224 e.